The topological polar surface area (TPSA) is 64.5 Å². The second-order valence-corrected chi connectivity index (χ2v) is 5.53. The Morgan fingerprint density at radius 3 is 2.62 bits per heavy atom. The van der Waals surface area contributed by atoms with Crippen LogP contribution in [0.5, 0.6) is 6.01 Å². The maximum Gasteiger partial charge on any atom is 0.316 e. The van der Waals surface area contributed by atoms with Gasteiger partial charge in [-0.15, -0.1) is 0 Å². The van der Waals surface area contributed by atoms with Crippen molar-refractivity contribution in [1.29, 1.82) is 0 Å². The van der Waals surface area contributed by atoms with Gasteiger partial charge in [0.05, 0.1) is 0 Å². The van der Waals surface area contributed by atoms with E-state index in [4.69, 9.17) is 9.47 Å². The Kier molecular flexibility index (Phi) is 4.65. The summed E-state index contributed by atoms with van der Waals surface area (Å²) in [5.41, 5.74) is 0. The summed E-state index contributed by atoms with van der Waals surface area (Å²) in [7, 11) is 0. The molecule has 0 aromatic carbocycles. The maximum absolute atomic E-state index is 12.4. The zero-order chi connectivity index (χ0) is 14.5. The zero-order valence-corrected chi connectivity index (χ0v) is 12.1. The molecule has 114 valence electrons. The summed E-state index contributed by atoms with van der Waals surface area (Å²) in [5.74, 6) is 0.143. The number of ether oxygens (including phenoxy) is 2. The van der Waals surface area contributed by atoms with Crippen LogP contribution in [0.2, 0.25) is 0 Å². The lowest BCUT2D eigenvalue weighted by Crippen LogP contribution is -2.47. The fourth-order valence-electron chi connectivity index (χ4n) is 2.83. The number of carbonyl (C=O) groups excluding carboxylic acids is 1. The highest BCUT2D eigenvalue weighted by Crippen LogP contribution is 2.20. The molecule has 0 spiro atoms. The first-order valence-corrected chi connectivity index (χ1v) is 7.67. The Hall–Kier alpha value is -1.69. The van der Waals surface area contributed by atoms with Crippen LogP contribution in [-0.2, 0) is 9.53 Å². The zero-order valence-electron chi connectivity index (χ0n) is 12.1. The van der Waals surface area contributed by atoms with Crippen molar-refractivity contribution in [2.45, 2.75) is 44.3 Å². The van der Waals surface area contributed by atoms with Gasteiger partial charge < -0.3 is 14.4 Å². The van der Waals surface area contributed by atoms with Crippen LogP contribution < -0.4 is 4.74 Å². The Labute approximate surface area is 124 Å². The number of hydrogen-bond donors (Lipinski definition) is 0. The van der Waals surface area contributed by atoms with Gasteiger partial charge in [0.2, 0.25) is 0 Å². The smallest absolute Gasteiger partial charge is 0.316 e. The minimum absolute atomic E-state index is 0.0868. The van der Waals surface area contributed by atoms with E-state index in [1.54, 1.807) is 18.5 Å². The number of likely N-dealkylation sites (tertiary alicyclic amines) is 1. The van der Waals surface area contributed by atoms with Gasteiger partial charge in [-0.05, 0) is 25.3 Å². The van der Waals surface area contributed by atoms with Gasteiger partial charge in [0, 0.05) is 44.9 Å². The molecule has 6 nitrogen and oxygen atoms in total. The summed E-state index contributed by atoms with van der Waals surface area (Å²) < 4.78 is 11.3. The van der Waals surface area contributed by atoms with E-state index in [0.717, 1.165) is 45.2 Å². The van der Waals surface area contributed by atoms with Crippen molar-refractivity contribution in [3.8, 4) is 6.01 Å². The van der Waals surface area contributed by atoms with Crippen molar-refractivity contribution in [2.75, 3.05) is 19.7 Å². The number of amides is 1. The van der Waals surface area contributed by atoms with Gasteiger partial charge in [-0.3, -0.25) is 4.79 Å². The Morgan fingerprint density at radius 2 is 1.95 bits per heavy atom. The van der Waals surface area contributed by atoms with Crippen molar-refractivity contribution in [2.24, 2.45) is 0 Å². The lowest BCUT2D eigenvalue weighted by Gasteiger charge is -2.34. The van der Waals surface area contributed by atoms with E-state index in [9.17, 15) is 4.79 Å². The number of hydrogen-bond acceptors (Lipinski definition) is 5. The SMILES string of the molecule is O=C([C@H]1CCCCO1)N1CCC(Oc2ncccn2)CC1. The van der Waals surface area contributed by atoms with E-state index in [-0.39, 0.29) is 18.1 Å². The van der Waals surface area contributed by atoms with Crippen LogP contribution >= 0.6 is 0 Å². The minimum Gasteiger partial charge on any atom is -0.460 e. The molecule has 0 unspecified atom stereocenters. The van der Waals surface area contributed by atoms with E-state index in [0.29, 0.717) is 12.6 Å². The van der Waals surface area contributed by atoms with Crippen LogP contribution in [0.15, 0.2) is 18.5 Å². The first-order valence-electron chi connectivity index (χ1n) is 7.67. The standard InChI is InChI=1S/C15H21N3O3/c19-14(13-4-1-2-11-20-13)18-9-5-12(6-10-18)21-15-16-7-3-8-17-15/h3,7-8,12-13H,1-2,4-6,9-11H2/t13-/m1/s1. The number of nitrogens with zero attached hydrogens (tertiary/aromatic N) is 3. The molecule has 2 aliphatic rings. The van der Waals surface area contributed by atoms with Gasteiger partial charge in [-0.1, -0.05) is 0 Å². The Balaban J connectivity index is 1.47. The third-order valence-electron chi connectivity index (χ3n) is 4.02. The molecule has 1 atom stereocenters. The van der Waals surface area contributed by atoms with Crippen molar-refractivity contribution in [3.05, 3.63) is 18.5 Å². The molecule has 3 rings (SSSR count). The molecule has 2 aliphatic heterocycles. The lowest BCUT2D eigenvalue weighted by molar-refractivity contribution is -0.148. The van der Waals surface area contributed by atoms with E-state index in [1.165, 1.54) is 0 Å². The molecule has 21 heavy (non-hydrogen) atoms. The molecule has 0 aliphatic carbocycles. The second-order valence-electron chi connectivity index (χ2n) is 5.53. The predicted octanol–water partition coefficient (Wildman–Crippen LogP) is 1.42. The van der Waals surface area contributed by atoms with E-state index < -0.39 is 0 Å². The van der Waals surface area contributed by atoms with Gasteiger partial charge in [-0.2, -0.15) is 0 Å². The van der Waals surface area contributed by atoms with Crippen molar-refractivity contribution in [3.63, 3.8) is 0 Å². The third kappa shape index (κ3) is 3.69. The highest BCUT2D eigenvalue weighted by Gasteiger charge is 2.30. The summed E-state index contributed by atoms with van der Waals surface area (Å²) in [6, 6.07) is 2.18. The molecule has 0 N–H and O–H groups in total. The van der Waals surface area contributed by atoms with Gasteiger partial charge >= 0.3 is 6.01 Å². The summed E-state index contributed by atoms with van der Waals surface area (Å²) in [5, 5.41) is 0. The van der Waals surface area contributed by atoms with Crippen LogP contribution in [0, 0.1) is 0 Å². The first kappa shape index (κ1) is 14.3. The number of rotatable bonds is 3. The lowest BCUT2D eigenvalue weighted by atomic mass is 10.0. The summed E-state index contributed by atoms with van der Waals surface area (Å²) in [4.78, 5) is 22.4. The maximum atomic E-state index is 12.4. The summed E-state index contributed by atoms with van der Waals surface area (Å²) in [6.07, 6.45) is 7.83. The average molecular weight is 291 g/mol. The van der Waals surface area contributed by atoms with Gasteiger partial charge in [0.25, 0.3) is 5.91 Å². The predicted molar refractivity (Wildman–Crippen MR) is 75.9 cm³/mol. The van der Waals surface area contributed by atoms with Crippen molar-refractivity contribution in [1.82, 2.24) is 14.9 Å². The molecule has 6 heteroatoms. The molecule has 1 aromatic rings. The number of piperidine rings is 1. The highest BCUT2D eigenvalue weighted by atomic mass is 16.5. The van der Waals surface area contributed by atoms with Crippen LogP contribution in [0.4, 0.5) is 0 Å². The van der Waals surface area contributed by atoms with Crippen LogP contribution in [0.3, 0.4) is 0 Å². The molecule has 1 amide bonds. The average Bonchev–Trinajstić information content (AvgIpc) is 2.57. The fourth-order valence-corrected chi connectivity index (χ4v) is 2.83. The molecule has 2 fully saturated rings. The van der Waals surface area contributed by atoms with Gasteiger partial charge in [0.1, 0.15) is 12.2 Å². The number of carbonyl (C=O) groups is 1. The van der Waals surface area contributed by atoms with E-state index >= 15 is 0 Å². The highest BCUT2D eigenvalue weighted by molar-refractivity contribution is 5.81. The molecule has 0 saturated carbocycles. The molecule has 2 saturated heterocycles. The minimum atomic E-state index is -0.228. The number of aromatic nitrogens is 2. The second kappa shape index (κ2) is 6.85. The Bertz CT molecular complexity index is 454. The molecule has 0 bridgehead atoms. The summed E-state index contributed by atoms with van der Waals surface area (Å²) in [6.45, 7) is 2.15. The third-order valence-corrected chi connectivity index (χ3v) is 4.02. The van der Waals surface area contributed by atoms with E-state index in [2.05, 4.69) is 9.97 Å². The Morgan fingerprint density at radius 1 is 1.19 bits per heavy atom. The summed E-state index contributed by atoms with van der Waals surface area (Å²) >= 11 is 0. The van der Waals surface area contributed by atoms with Gasteiger partial charge in [-0.25, -0.2) is 9.97 Å². The van der Waals surface area contributed by atoms with Crippen molar-refractivity contribution < 1.29 is 14.3 Å². The fraction of sp³-hybridized carbons (Fsp3) is 0.667. The van der Waals surface area contributed by atoms with Crippen LogP contribution in [0.25, 0.3) is 0 Å². The van der Waals surface area contributed by atoms with Crippen molar-refractivity contribution >= 4 is 5.91 Å². The molecule has 0 radical (unpaired) electrons. The normalized spacial score (nSPS) is 23.8. The van der Waals surface area contributed by atoms with E-state index in [1.807, 2.05) is 4.90 Å². The molecule has 1 aromatic heterocycles. The molecule has 3 heterocycles. The monoisotopic (exact) mass is 291 g/mol. The van der Waals surface area contributed by atoms with Gasteiger partial charge in [0.15, 0.2) is 0 Å². The molecular formula is C15H21N3O3. The first-order chi connectivity index (χ1) is 10.3. The molecular weight excluding hydrogens is 270 g/mol. The quantitative estimate of drug-likeness (QED) is 0.842. The van der Waals surface area contributed by atoms with Crippen LogP contribution in [0.1, 0.15) is 32.1 Å². The largest absolute Gasteiger partial charge is 0.460 e. The van der Waals surface area contributed by atoms with Crippen LogP contribution in [-0.4, -0.2) is 52.7 Å².